The molecule has 0 spiro atoms. The molecule has 1 saturated carbocycles. The van der Waals surface area contributed by atoms with Crippen LogP contribution in [0.4, 0.5) is 0 Å². The van der Waals surface area contributed by atoms with Crippen LogP contribution >= 0.6 is 0 Å². The molecule has 0 aliphatic heterocycles. The van der Waals surface area contributed by atoms with Crippen LogP contribution in [0.25, 0.3) is 0 Å². The molecule has 3 heteroatoms. The highest BCUT2D eigenvalue weighted by Gasteiger charge is 2.58. The molecule has 1 aliphatic carbocycles. The van der Waals surface area contributed by atoms with Gasteiger partial charge in [-0.25, -0.2) is 0 Å². The summed E-state index contributed by atoms with van der Waals surface area (Å²) in [5, 5.41) is 0.399. The van der Waals surface area contributed by atoms with Crippen LogP contribution in [0.1, 0.15) is 12.8 Å². The molecule has 0 bridgehead atoms. The minimum atomic E-state index is -1.13. The van der Waals surface area contributed by atoms with Crippen molar-refractivity contribution in [3.63, 3.8) is 0 Å². The van der Waals surface area contributed by atoms with Crippen LogP contribution in [0.2, 0.25) is 24.7 Å². The van der Waals surface area contributed by atoms with Gasteiger partial charge in [0.1, 0.15) is 0 Å². The molecule has 0 aromatic rings. The predicted molar refractivity (Wildman–Crippen MR) is 53.1 cm³/mol. The van der Waals surface area contributed by atoms with Gasteiger partial charge in [-0.15, -0.1) is 0 Å². The van der Waals surface area contributed by atoms with Crippen LogP contribution in [-0.2, 0) is 9.47 Å². The van der Waals surface area contributed by atoms with Crippen molar-refractivity contribution in [2.45, 2.75) is 43.8 Å². The molecule has 0 amide bonds. The number of hydrogen-bond acceptors (Lipinski definition) is 2. The topological polar surface area (TPSA) is 18.5 Å². The highest BCUT2D eigenvalue weighted by Crippen LogP contribution is 2.63. The molecule has 2 nitrogen and oxygen atoms in total. The number of rotatable bonds is 4. The first-order valence-corrected chi connectivity index (χ1v) is 8.03. The summed E-state index contributed by atoms with van der Waals surface area (Å²) in [6, 6.07) is 0. The van der Waals surface area contributed by atoms with Crippen molar-refractivity contribution in [1.82, 2.24) is 0 Å². The summed E-state index contributed by atoms with van der Waals surface area (Å²) < 4.78 is 10.7. The van der Waals surface area contributed by atoms with Crippen molar-refractivity contribution in [2.24, 2.45) is 0 Å². The van der Waals surface area contributed by atoms with Crippen molar-refractivity contribution < 1.29 is 9.47 Å². The Balaban J connectivity index is 2.71. The quantitative estimate of drug-likeness (QED) is 0.498. The highest BCUT2D eigenvalue weighted by molar-refractivity contribution is 6.80. The summed E-state index contributed by atoms with van der Waals surface area (Å²) in [7, 11) is 2.36. The van der Waals surface area contributed by atoms with E-state index in [-0.39, 0.29) is 6.29 Å². The van der Waals surface area contributed by atoms with Gasteiger partial charge in [-0.2, -0.15) is 0 Å². The average Bonchev–Trinajstić information content (AvgIpc) is 2.69. The zero-order valence-electron chi connectivity index (χ0n) is 8.81. The van der Waals surface area contributed by atoms with Gasteiger partial charge >= 0.3 is 0 Å². The minimum absolute atomic E-state index is 0.0316. The Kier molecular flexibility index (Phi) is 2.66. The lowest BCUT2D eigenvalue weighted by molar-refractivity contribution is -0.112. The van der Waals surface area contributed by atoms with E-state index >= 15 is 0 Å². The van der Waals surface area contributed by atoms with Crippen LogP contribution in [0, 0.1) is 0 Å². The smallest absolute Gasteiger partial charge is 0.159 e. The lowest BCUT2D eigenvalue weighted by atomic mass is 10.4. The van der Waals surface area contributed by atoms with E-state index in [1.54, 1.807) is 14.2 Å². The number of hydrogen-bond donors (Lipinski definition) is 0. The molecule has 0 heterocycles. The Bertz CT molecular complexity index is 154. The highest BCUT2D eigenvalue weighted by atomic mass is 28.3. The van der Waals surface area contributed by atoms with Gasteiger partial charge in [0.15, 0.2) is 6.29 Å². The summed E-state index contributed by atoms with van der Waals surface area (Å²) in [6.07, 6.45) is 2.61. The molecule has 0 unspecified atom stereocenters. The molecule has 12 heavy (non-hydrogen) atoms. The van der Waals surface area contributed by atoms with E-state index in [1.807, 2.05) is 0 Å². The third-order valence-corrected chi connectivity index (χ3v) is 6.88. The van der Waals surface area contributed by atoms with Crippen LogP contribution in [0.3, 0.4) is 0 Å². The maximum atomic E-state index is 5.37. The zero-order chi connectivity index (χ0) is 9.41. The number of methoxy groups -OCH3 is 2. The first-order valence-electron chi connectivity index (χ1n) is 4.53. The molecule has 1 aliphatic rings. The Hall–Kier alpha value is 0.137. The second-order valence-corrected chi connectivity index (χ2v) is 10.2. The summed E-state index contributed by atoms with van der Waals surface area (Å²) >= 11 is 0. The average molecular weight is 188 g/mol. The van der Waals surface area contributed by atoms with E-state index in [2.05, 4.69) is 19.6 Å². The molecule has 1 rings (SSSR count). The van der Waals surface area contributed by atoms with Crippen LogP contribution in [-0.4, -0.2) is 28.6 Å². The van der Waals surface area contributed by atoms with Crippen molar-refractivity contribution >= 4 is 8.07 Å². The van der Waals surface area contributed by atoms with Gasteiger partial charge in [-0.05, 0) is 12.8 Å². The van der Waals surface area contributed by atoms with E-state index < -0.39 is 8.07 Å². The van der Waals surface area contributed by atoms with Gasteiger partial charge in [0, 0.05) is 19.3 Å². The molecule has 1 fully saturated rings. The largest absolute Gasteiger partial charge is 0.356 e. The molecule has 0 N–H and O–H groups in total. The van der Waals surface area contributed by atoms with Crippen LogP contribution in [0.5, 0.6) is 0 Å². The van der Waals surface area contributed by atoms with E-state index in [4.69, 9.17) is 9.47 Å². The first-order chi connectivity index (χ1) is 5.48. The summed E-state index contributed by atoms with van der Waals surface area (Å²) in [5.74, 6) is 0. The number of ether oxygens (including phenoxy) is 2. The minimum Gasteiger partial charge on any atom is -0.356 e. The van der Waals surface area contributed by atoms with Crippen LogP contribution < -0.4 is 0 Å². The normalized spacial score (nSPS) is 21.5. The predicted octanol–water partition coefficient (Wildman–Crippen LogP) is 2.48. The Morgan fingerprint density at radius 1 is 1.08 bits per heavy atom. The second kappa shape index (κ2) is 3.12. The zero-order valence-corrected chi connectivity index (χ0v) is 9.81. The van der Waals surface area contributed by atoms with Crippen LogP contribution in [0.15, 0.2) is 0 Å². The van der Waals surface area contributed by atoms with Crippen molar-refractivity contribution in [3.05, 3.63) is 0 Å². The molecule has 0 atom stereocenters. The lowest BCUT2D eigenvalue weighted by Crippen LogP contribution is -2.39. The van der Waals surface area contributed by atoms with Gasteiger partial charge in [-0.3, -0.25) is 0 Å². The molecule has 0 saturated heterocycles. The van der Waals surface area contributed by atoms with Crippen molar-refractivity contribution in [1.29, 1.82) is 0 Å². The fraction of sp³-hybridized carbons (Fsp3) is 1.00. The first kappa shape index (κ1) is 10.2. The molecular formula is C9H20O2Si. The Morgan fingerprint density at radius 3 is 1.58 bits per heavy atom. The fourth-order valence-electron chi connectivity index (χ4n) is 2.02. The van der Waals surface area contributed by atoms with Gasteiger partial charge in [0.2, 0.25) is 0 Å². The van der Waals surface area contributed by atoms with Gasteiger partial charge < -0.3 is 9.47 Å². The fourth-order valence-corrected chi connectivity index (χ4v) is 4.59. The summed E-state index contributed by atoms with van der Waals surface area (Å²) in [5.41, 5.74) is 0. The third-order valence-electron chi connectivity index (χ3n) is 3.16. The molecular weight excluding hydrogens is 168 g/mol. The van der Waals surface area contributed by atoms with Gasteiger partial charge in [-0.1, -0.05) is 19.6 Å². The Labute approximate surface area is 76.3 Å². The standard InChI is InChI=1S/C9H20O2Si/c1-10-8(11-2)9(6-7-9)12(3,4)5/h8H,6-7H2,1-5H3. The van der Waals surface area contributed by atoms with Crippen molar-refractivity contribution in [2.75, 3.05) is 14.2 Å². The molecule has 0 aromatic heterocycles. The van der Waals surface area contributed by atoms with Gasteiger partial charge in [0.25, 0.3) is 0 Å². The maximum absolute atomic E-state index is 5.37. The van der Waals surface area contributed by atoms with E-state index in [1.165, 1.54) is 12.8 Å². The maximum Gasteiger partial charge on any atom is 0.159 e. The molecule has 0 radical (unpaired) electrons. The van der Waals surface area contributed by atoms with E-state index in [0.717, 1.165) is 0 Å². The monoisotopic (exact) mass is 188 g/mol. The van der Waals surface area contributed by atoms with E-state index in [9.17, 15) is 0 Å². The third kappa shape index (κ3) is 1.45. The summed E-state index contributed by atoms with van der Waals surface area (Å²) in [6.45, 7) is 7.18. The van der Waals surface area contributed by atoms with Crippen molar-refractivity contribution in [3.8, 4) is 0 Å². The molecule has 72 valence electrons. The lowest BCUT2D eigenvalue weighted by Gasteiger charge is -2.34. The Morgan fingerprint density at radius 2 is 1.50 bits per heavy atom. The van der Waals surface area contributed by atoms with Gasteiger partial charge in [0.05, 0.1) is 8.07 Å². The second-order valence-electron chi connectivity index (χ2n) is 4.71. The van der Waals surface area contributed by atoms with E-state index in [0.29, 0.717) is 5.04 Å². The SMILES string of the molecule is COC(OC)C1([Si](C)(C)C)CC1. The molecule has 0 aromatic carbocycles. The summed E-state index contributed by atoms with van der Waals surface area (Å²) in [4.78, 5) is 0.